The van der Waals surface area contributed by atoms with Gasteiger partial charge in [0.05, 0.1) is 10.9 Å². The van der Waals surface area contributed by atoms with E-state index in [0.717, 1.165) is 16.2 Å². The van der Waals surface area contributed by atoms with Crippen molar-refractivity contribution in [1.82, 2.24) is 4.72 Å². The van der Waals surface area contributed by atoms with Crippen molar-refractivity contribution < 1.29 is 18.3 Å². The monoisotopic (exact) mass is 457 g/mol. The van der Waals surface area contributed by atoms with Gasteiger partial charge in [0.15, 0.2) is 0 Å². The number of sulfonamides is 1. The average Bonchev–Trinajstić information content (AvgIpc) is 3.06. The third-order valence-corrected chi connectivity index (χ3v) is 7.44. The highest BCUT2D eigenvalue weighted by atomic mass is 35.5. The van der Waals surface area contributed by atoms with E-state index in [-0.39, 0.29) is 22.8 Å². The summed E-state index contributed by atoms with van der Waals surface area (Å²) >= 11 is 7.42. The van der Waals surface area contributed by atoms with Crippen molar-refractivity contribution in [2.75, 3.05) is 0 Å². The second kappa shape index (κ2) is 10.1. The number of aliphatic carboxylic acids is 1. The standard InChI is InChI=1S/C21H28ClNO4S2/c1-21(2,3)14-13-18(19-12-9-16(28-19)5-4-6-20(24)25)23-29(26,27)17-10-7-15(22)8-11-17/h7-12,18,23H,4-6,13-14H2,1-3H3,(H,24,25). The number of carbonyl (C=O) groups is 1. The first-order chi connectivity index (χ1) is 13.5. The maximum atomic E-state index is 12.9. The van der Waals surface area contributed by atoms with Crippen LogP contribution in [0.1, 0.15) is 62.3 Å². The van der Waals surface area contributed by atoms with Crippen molar-refractivity contribution in [1.29, 1.82) is 0 Å². The summed E-state index contributed by atoms with van der Waals surface area (Å²) in [5.74, 6) is -0.805. The van der Waals surface area contributed by atoms with Crippen molar-refractivity contribution >= 4 is 38.9 Å². The summed E-state index contributed by atoms with van der Waals surface area (Å²) < 4.78 is 28.6. The largest absolute Gasteiger partial charge is 0.481 e. The van der Waals surface area contributed by atoms with E-state index in [1.54, 1.807) is 23.5 Å². The van der Waals surface area contributed by atoms with Crippen molar-refractivity contribution in [2.45, 2.75) is 63.8 Å². The molecule has 2 aromatic rings. The molecule has 2 rings (SSSR count). The molecule has 8 heteroatoms. The minimum absolute atomic E-state index is 0.0749. The van der Waals surface area contributed by atoms with Crippen LogP contribution in [0.15, 0.2) is 41.3 Å². The summed E-state index contributed by atoms with van der Waals surface area (Å²) in [7, 11) is -3.69. The molecule has 29 heavy (non-hydrogen) atoms. The van der Waals surface area contributed by atoms with Crippen LogP contribution < -0.4 is 4.72 Å². The lowest BCUT2D eigenvalue weighted by molar-refractivity contribution is -0.137. The molecule has 1 heterocycles. The fourth-order valence-corrected chi connectivity index (χ4v) is 5.43. The van der Waals surface area contributed by atoms with E-state index >= 15 is 0 Å². The first-order valence-electron chi connectivity index (χ1n) is 9.54. The van der Waals surface area contributed by atoms with Gasteiger partial charge in [-0.2, -0.15) is 0 Å². The minimum Gasteiger partial charge on any atom is -0.481 e. The molecule has 0 fully saturated rings. The molecule has 160 valence electrons. The number of nitrogens with one attached hydrogen (secondary N) is 1. The van der Waals surface area contributed by atoms with E-state index in [1.165, 1.54) is 12.1 Å². The SMILES string of the molecule is CC(C)(C)CCC(NS(=O)(=O)c1ccc(Cl)cc1)c1ccc(CCCC(=O)O)s1. The highest BCUT2D eigenvalue weighted by molar-refractivity contribution is 7.89. The van der Waals surface area contributed by atoms with E-state index in [2.05, 4.69) is 25.5 Å². The lowest BCUT2D eigenvalue weighted by Gasteiger charge is -2.23. The highest BCUT2D eigenvalue weighted by Crippen LogP contribution is 2.33. The van der Waals surface area contributed by atoms with Gasteiger partial charge in [0.1, 0.15) is 0 Å². The summed E-state index contributed by atoms with van der Waals surface area (Å²) in [4.78, 5) is 12.9. The summed E-state index contributed by atoms with van der Waals surface area (Å²) in [6.07, 6.45) is 2.90. The second-order valence-electron chi connectivity index (χ2n) is 8.28. The average molecular weight is 458 g/mol. The molecule has 5 nitrogen and oxygen atoms in total. The van der Waals surface area contributed by atoms with Crippen LogP contribution in [0.4, 0.5) is 0 Å². The molecule has 1 unspecified atom stereocenters. The second-order valence-corrected chi connectivity index (χ2v) is 11.6. The molecule has 0 aliphatic heterocycles. The van der Waals surface area contributed by atoms with Crippen molar-refractivity contribution in [3.8, 4) is 0 Å². The molecular formula is C21H28ClNO4S2. The Hall–Kier alpha value is -1.41. The van der Waals surface area contributed by atoms with Gasteiger partial charge >= 0.3 is 5.97 Å². The number of benzene rings is 1. The van der Waals surface area contributed by atoms with Crippen molar-refractivity contribution in [2.24, 2.45) is 5.41 Å². The third-order valence-electron chi connectivity index (χ3n) is 4.44. The van der Waals surface area contributed by atoms with Gasteiger partial charge in [-0.1, -0.05) is 32.4 Å². The molecule has 0 saturated heterocycles. The third kappa shape index (κ3) is 8.09. The van der Waals surface area contributed by atoms with Gasteiger partial charge in [0.2, 0.25) is 10.0 Å². The lowest BCUT2D eigenvalue weighted by Crippen LogP contribution is -2.29. The normalized spacial score (nSPS) is 13.4. The first kappa shape index (κ1) is 23.9. The molecule has 0 amide bonds. The Labute approximate surface area is 182 Å². The number of hydrogen-bond acceptors (Lipinski definition) is 4. The summed E-state index contributed by atoms with van der Waals surface area (Å²) in [5.41, 5.74) is 0.0749. The van der Waals surface area contributed by atoms with Gasteiger partial charge in [-0.3, -0.25) is 4.79 Å². The summed E-state index contributed by atoms with van der Waals surface area (Å²) in [5, 5.41) is 9.29. The maximum Gasteiger partial charge on any atom is 0.303 e. The van der Waals surface area contributed by atoms with Crippen LogP contribution in [-0.2, 0) is 21.2 Å². The van der Waals surface area contributed by atoms with Crippen LogP contribution in [0.5, 0.6) is 0 Å². The van der Waals surface area contributed by atoms with E-state index < -0.39 is 16.0 Å². The van der Waals surface area contributed by atoms with Gasteiger partial charge in [0, 0.05) is 21.2 Å². The Kier molecular flexibility index (Phi) is 8.28. The summed E-state index contributed by atoms with van der Waals surface area (Å²) in [6.45, 7) is 6.39. The topological polar surface area (TPSA) is 83.5 Å². The van der Waals surface area contributed by atoms with E-state index in [9.17, 15) is 13.2 Å². The zero-order valence-corrected chi connectivity index (χ0v) is 19.3. The van der Waals surface area contributed by atoms with Crippen molar-refractivity contribution in [3.63, 3.8) is 0 Å². The number of hydrogen-bond donors (Lipinski definition) is 2. The molecular weight excluding hydrogens is 430 g/mol. The zero-order valence-electron chi connectivity index (χ0n) is 16.9. The molecule has 0 spiro atoms. The number of aryl methyl sites for hydroxylation is 1. The molecule has 0 bridgehead atoms. The molecule has 0 saturated carbocycles. The Morgan fingerprint density at radius 3 is 2.41 bits per heavy atom. The van der Waals surface area contributed by atoms with Gasteiger partial charge in [-0.05, 0) is 67.5 Å². The number of rotatable bonds is 10. The van der Waals surface area contributed by atoms with Gasteiger partial charge in [-0.15, -0.1) is 11.3 Å². The fraction of sp³-hybridized carbons (Fsp3) is 0.476. The molecule has 1 aromatic carbocycles. The van der Waals surface area contributed by atoms with Crippen LogP contribution in [0.2, 0.25) is 5.02 Å². The lowest BCUT2D eigenvalue weighted by atomic mass is 9.88. The molecule has 1 atom stereocenters. The Bertz CT molecular complexity index is 915. The van der Waals surface area contributed by atoms with E-state index in [4.69, 9.17) is 16.7 Å². The number of halogens is 1. The predicted octanol–water partition coefficient (Wildman–Crippen LogP) is 5.65. The van der Waals surface area contributed by atoms with Crippen LogP contribution in [0.3, 0.4) is 0 Å². The van der Waals surface area contributed by atoms with Crippen LogP contribution in [0.25, 0.3) is 0 Å². The van der Waals surface area contributed by atoms with Gasteiger partial charge in [-0.25, -0.2) is 13.1 Å². The molecule has 0 radical (unpaired) electrons. The number of thiophene rings is 1. The minimum atomic E-state index is -3.69. The molecule has 0 aliphatic rings. The Morgan fingerprint density at radius 1 is 1.17 bits per heavy atom. The molecule has 2 N–H and O–H groups in total. The fourth-order valence-electron chi connectivity index (χ4n) is 2.84. The Balaban J connectivity index is 2.19. The van der Waals surface area contributed by atoms with E-state index in [0.29, 0.717) is 24.3 Å². The van der Waals surface area contributed by atoms with Crippen LogP contribution >= 0.6 is 22.9 Å². The van der Waals surface area contributed by atoms with Crippen LogP contribution in [-0.4, -0.2) is 19.5 Å². The maximum absolute atomic E-state index is 12.9. The quantitative estimate of drug-likeness (QED) is 0.482. The van der Waals surface area contributed by atoms with Crippen molar-refractivity contribution in [3.05, 3.63) is 51.2 Å². The van der Waals surface area contributed by atoms with Gasteiger partial charge < -0.3 is 5.11 Å². The van der Waals surface area contributed by atoms with Gasteiger partial charge in [0.25, 0.3) is 0 Å². The predicted molar refractivity (Wildman–Crippen MR) is 118 cm³/mol. The van der Waals surface area contributed by atoms with E-state index in [1.807, 2.05) is 12.1 Å². The summed E-state index contributed by atoms with van der Waals surface area (Å²) in [6, 6.07) is 9.68. The zero-order chi connectivity index (χ0) is 21.7. The smallest absolute Gasteiger partial charge is 0.303 e. The molecule has 0 aliphatic carbocycles. The number of carboxylic acids is 1. The first-order valence-corrected chi connectivity index (χ1v) is 12.2. The Morgan fingerprint density at radius 2 is 1.83 bits per heavy atom. The molecule has 1 aromatic heterocycles. The van der Waals surface area contributed by atoms with Crippen LogP contribution in [0, 0.1) is 5.41 Å². The number of carboxylic acid groups (broad SMARTS) is 1. The highest BCUT2D eigenvalue weighted by Gasteiger charge is 2.24.